The molecule has 0 aromatic rings. The maximum Gasteiger partial charge on any atom is 0.306 e. The summed E-state index contributed by atoms with van der Waals surface area (Å²) < 4.78 is 5.88. The topological polar surface area (TPSA) is 95.9 Å². The summed E-state index contributed by atoms with van der Waals surface area (Å²) in [6, 6.07) is -0.716. The number of esters is 1. The van der Waals surface area contributed by atoms with Crippen molar-refractivity contribution >= 4 is 11.9 Å². The Hall–Kier alpha value is -2.18. The van der Waals surface area contributed by atoms with Crippen molar-refractivity contribution in [1.82, 2.24) is 5.32 Å². The van der Waals surface area contributed by atoms with Crippen LogP contribution in [0.2, 0.25) is 0 Å². The highest BCUT2D eigenvalue weighted by atomic mass is 16.5. The zero-order chi connectivity index (χ0) is 42.4. The van der Waals surface area contributed by atoms with Crippen LogP contribution in [-0.2, 0) is 14.3 Å². The molecule has 0 aliphatic heterocycles. The van der Waals surface area contributed by atoms with E-state index in [0.717, 1.165) is 77.0 Å². The fraction of sp³-hybridized carbons (Fsp3) is 0.808. The summed E-state index contributed by atoms with van der Waals surface area (Å²) in [5.41, 5.74) is 0. The van der Waals surface area contributed by atoms with Gasteiger partial charge in [0.15, 0.2) is 0 Å². The summed E-state index contributed by atoms with van der Waals surface area (Å²) in [6.07, 6.45) is 54.6. The van der Waals surface area contributed by atoms with Crippen LogP contribution in [0, 0.1) is 0 Å². The van der Waals surface area contributed by atoms with Crippen molar-refractivity contribution in [2.75, 3.05) is 6.61 Å². The molecule has 338 valence electrons. The van der Waals surface area contributed by atoms with Gasteiger partial charge in [-0.25, -0.2) is 0 Å². The molecule has 0 aromatic heterocycles. The highest BCUT2D eigenvalue weighted by Crippen LogP contribution is 2.17. The van der Waals surface area contributed by atoms with Crippen molar-refractivity contribution in [2.45, 2.75) is 264 Å². The van der Waals surface area contributed by atoms with E-state index in [1.165, 1.54) is 122 Å². The molecule has 0 aliphatic carbocycles. The van der Waals surface area contributed by atoms with E-state index in [1.807, 2.05) is 0 Å². The molecule has 58 heavy (non-hydrogen) atoms. The maximum atomic E-state index is 13.2. The molecular formula is C52H95NO5. The number of nitrogens with one attached hydrogen (secondary N) is 1. The van der Waals surface area contributed by atoms with E-state index in [1.54, 1.807) is 0 Å². The summed E-state index contributed by atoms with van der Waals surface area (Å²) in [5.74, 6) is -0.527. The van der Waals surface area contributed by atoms with Crippen LogP contribution >= 0.6 is 0 Å². The molecule has 3 atom stereocenters. The van der Waals surface area contributed by atoms with Gasteiger partial charge in [0, 0.05) is 6.42 Å². The third-order valence-corrected chi connectivity index (χ3v) is 11.2. The summed E-state index contributed by atoms with van der Waals surface area (Å²) in [5, 5.41) is 23.7. The Bertz CT molecular complexity index is 1000. The molecule has 0 spiro atoms. The van der Waals surface area contributed by atoms with E-state index in [2.05, 4.69) is 74.7 Å². The van der Waals surface area contributed by atoms with Gasteiger partial charge in [-0.3, -0.25) is 9.59 Å². The number of ether oxygens (including phenoxy) is 1. The van der Waals surface area contributed by atoms with Gasteiger partial charge in [0.2, 0.25) is 5.91 Å². The molecule has 3 unspecified atom stereocenters. The second-order valence-corrected chi connectivity index (χ2v) is 16.8. The summed E-state index contributed by atoms with van der Waals surface area (Å²) in [7, 11) is 0. The average molecular weight is 814 g/mol. The molecule has 0 heterocycles. The number of rotatable bonds is 44. The normalized spacial score (nSPS) is 13.7. The number of unbranched alkanes of at least 4 members (excludes halogenated alkanes) is 24. The van der Waals surface area contributed by atoms with Gasteiger partial charge in [0.25, 0.3) is 0 Å². The van der Waals surface area contributed by atoms with Crippen LogP contribution in [0.3, 0.4) is 0 Å². The van der Waals surface area contributed by atoms with Gasteiger partial charge in [-0.05, 0) is 57.8 Å². The fourth-order valence-electron chi connectivity index (χ4n) is 7.43. The Kier molecular flexibility index (Phi) is 44.2. The number of carbonyl (C=O) groups is 2. The third kappa shape index (κ3) is 40.6. The number of hydrogen-bond acceptors (Lipinski definition) is 5. The SMILES string of the molecule is CC/C=C/C/C=C/C/C=C/C/C=C/CCCC(CC(=O)NC(CO)C(O)CCCCCCCCCCCCCCCCCC)OC(=O)CCCCCCCCCCC. The Morgan fingerprint density at radius 3 is 1.38 bits per heavy atom. The number of allylic oxidation sites excluding steroid dienone is 8. The van der Waals surface area contributed by atoms with Gasteiger partial charge in [-0.2, -0.15) is 0 Å². The van der Waals surface area contributed by atoms with E-state index in [4.69, 9.17) is 4.74 Å². The summed E-state index contributed by atoms with van der Waals surface area (Å²) >= 11 is 0. The number of hydrogen-bond donors (Lipinski definition) is 3. The highest BCUT2D eigenvalue weighted by molar-refractivity contribution is 5.77. The molecule has 6 heteroatoms. The fourth-order valence-corrected chi connectivity index (χ4v) is 7.43. The lowest BCUT2D eigenvalue weighted by Gasteiger charge is -2.24. The van der Waals surface area contributed by atoms with Gasteiger partial charge in [0.05, 0.1) is 25.2 Å². The molecule has 0 aromatic carbocycles. The van der Waals surface area contributed by atoms with Crippen molar-refractivity contribution in [2.24, 2.45) is 0 Å². The quantitative estimate of drug-likeness (QED) is 0.0323. The standard InChI is InChI=1S/C52H95NO5/c1-4-7-10-13-16-19-21-23-25-26-28-30-33-35-38-41-44-50(55)49(47-54)53-51(56)46-48(58-52(57)45-42-39-36-31-18-15-12-9-6-3)43-40-37-34-32-29-27-24-22-20-17-14-11-8-5-2/h8,11,17,20,24,27,32,34,48-50,54-55H,4-7,9-10,12-16,18-19,21-23,25-26,28-31,33,35-47H2,1-3H3,(H,53,56)/b11-8+,20-17+,27-24+,34-32+. The van der Waals surface area contributed by atoms with Crippen molar-refractivity contribution in [3.8, 4) is 0 Å². The van der Waals surface area contributed by atoms with E-state index in [9.17, 15) is 19.8 Å². The second-order valence-electron chi connectivity index (χ2n) is 16.8. The van der Waals surface area contributed by atoms with Crippen LogP contribution in [-0.4, -0.2) is 46.9 Å². The molecule has 6 nitrogen and oxygen atoms in total. The molecular weight excluding hydrogens is 719 g/mol. The highest BCUT2D eigenvalue weighted by Gasteiger charge is 2.24. The molecule has 0 rings (SSSR count). The van der Waals surface area contributed by atoms with Crippen LogP contribution < -0.4 is 5.32 Å². The molecule has 3 N–H and O–H groups in total. The third-order valence-electron chi connectivity index (χ3n) is 11.2. The Morgan fingerprint density at radius 1 is 0.517 bits per heavy atom. The van der Waals surface area contributed by atoms with Crippen molar-refractivity contribution < 1.29 is 24.5 Å². The van der Waals surface area contributed by atoms with Gasteiger partial charge in [-0.1, -0.05) is 223 Å². The minimum Gasteiger partial charge on any atom is -0.462 e. The van der Waals surface area contributed by atoms with E-state index >= 15 is 0 Å². The van der Waals surface area contributed by atoms with Gasteiger partial charge in [0.1, 0.15) is 6.10 Å². The molecule has 0 radical (unpaired) electrons. The molecule has 1 amide bonds. The van der Waals surface area contributed by atoms with E-state index in [0.29, 0.717) is 19.3 Å². The van der Waals surface area contributed by atoms with Crippen molar-refractivity contribution in [1.29, 1.82) is 0 Å². The summed E-state index contributed by atoms with van der Waals surface area (Å²) in [6.45, 7) is 6.34. The molecule has 0 bridgehead atoms. The van der Waals surface area contributed by atoms with Gasteiger partial charge >= 0.3 is 5.97 Å². The van der Waals surface area contributed by atoms with E-state index in [-0.39, 0.29) is 24.9 Å². The van der Waals surface area contributed by atoms with Gasteiger partial charge in [-0.15, -0.1) is 0 Å². The van der Waals surface area contributed by atoms with Crippen LogP contribution in [0.4, 0.5) is 0 Å². The van der Waals surface area contributed by atoms with Crippen LogP contribution in [0.5, 0.6) is 0 Å². The second kappa shape index (κ2) is 45.9. The van der Waals surface area contributed by atoms with Crippen LogP contribution in [0.15, 0.2) is 48.6 Å². The largest absolute Gasteiger partial charge is 0.462 e. The molecule has 0 fully saturated rings. The van der Waals surface area contributed by atoms with Gasteiger partial charge < -0.3 is 20.3 Å². The number of carbonyl (C=O) groups excluding carboxylic acids is 2. The van der Waals surface area contributed by atoms with Crippen LogP contribution in [0.1, 0.15) is 245 Å². The molecule has 0 saturated heterocycles. The maximum absolute atomic E-state index is 13.2. The molecule has 0 aliphatic rings. The first kappa shape index (κ1) is 55.8. The monoisotopic (exact) mass is 814 g/mol. The van der Waals surface area contributed by atoms with Crippen LogP contribution in [0.25, 0.3) is 0 Å². The predicted octanol–water partition coefficient (Wildman–Crippen LogP) is 14.7. The van der Waals surface area contributed by atoms with E-state index < -0.39 is 18.2 Å². The Labute approximate surface area is 359 Å². The predicted molar refractivity (Wildman–Crippen MR) is 250 cm³/mol. The number of amides is 1. The van der Waals surface area contributed by atoms with Crippen molar-refractivity contribution in [3.63, 3.8) is 0 Å². The lowest BCUT2D eigenvalue weighted by Crippen LogP contribution is -2.46. The zero-order valence-electron chi connectivity index (χ0n) is 38.4. The number of aliphatic hydroxyl groups is 2. The Morgan fingerprint density at radius 2 is 0.931 bits per heavy atom. The lowest BCUT2D eigenvalue weighted by atomic mass is 10.0. The minimum atomic E-state index is -0.800. The minimum absolute atomic E-state index is 0.0416. The average Bonchev–Trinajstić information content (AvgIpc) is 3.22. The first-order chi connectivity index (χ1) is 28.5. The molecule has 0 saturated carbocycles. The Balaban J connectivity index is 4.57. The van der Waals surface area contributed by atoms with Crippen molar-refractivity contribution in [3.05, 3.63) is 48.6 Å². The zero-order valence-corrected chi connectivity index (χ0v) is 38.4. The first-order valence-corrected chi connectivity index (χ1v) is 24.9. The lowest BCUT2D eigenvalue weighted by molar-refractivity contribution is -0.151. The number of aliphatic hydroxyl groups excluding tert-OH is 2. The summed E-state index contributed by atoms with van der Waals surface area (Å²) in [4.78, 5) is 26.0. The smallest absolute Gasteiger partial charge is 0.306 e. The first-order valence-electron chi connectivity index (χ1n) is 24.9.